The van der Waals surface area contributed by atoms with Crippen LogP contribution in [0.1, 0.15) is 17.0 Å². The van der Waals surface area contributed by atoms with Gasteiger partial charge in [-0.25, -0.2) is 0 Å². The van der Waals surface area contributed by atoms with Gasteiger partial charge in [0.15, 0.2) is 34.6 Å². The molecule has 0 aromatic heterocycles. The zero-order valence-electron chi connectivity index (χ0n) is 23.7. The van der Waals surface area contributed by atoms with Gasteiger partial charge in [-0.1, -0.05) is 42.5 Å². The van der Waals surface area contributed by atoms with Crippen molar-refractivity contribution >= 4 is 29.4 Å². The average Bonchev–Trinajstić information content (AvgIpc) is 3.65. The standard InChI is InChI=1S/C33H33NO8S/c1-41-27-12-8-18(13-25(27)37)7-10-20(35)15-26(38)29-23-16-43-17-34(23)33(30(29)19-9-11-24(36)28(14-19)42-2)31(39)21-5-3-4-6-22(21)32(33)40/h3-15,21-23,29-31,35-37,39H,16-17H2,1-2H3/b10-7+,20-15-. The van der Waals surface area contributed by atoms with Crippen LogP contribution >= 0.6 is 11.8 Å². The third-order valence-corrected chi connectivity index (χ3v) is 10.2. The Balaban J connectivity index is 1.43. The molecule has 2 aromatic rings. The van der Waals surface area contributed by atoms with E-state index in [1.165, 1.54) is 32.4 Å². The van der Waals surface area contributed by atoms with E-state index in [-0.39, 0.29) is 40.6 Å². The highest BCUT2D eigenvalue weighted by Crippen LogP contribution is 2.61. The van der Waals surface area contributed by atoms with Crippen molar-refractivity contribution in [3.05, 3.63) is 89.7 Å². The number of nitrogens with zero attached hydrogens (tertiary/aromatic N) is 1. The summed E-state index contributed by atoms with van der Waals surface area (Å²) in [5, 5.41) is 43.2. The number of hydrogen-bond acceptors (Lipinski definition) is 10. The summed E-state index contributed by atoms with van der Waals surface area (Å²) < 4.78 is 10.5. The Morgan fingerprint density at radius 1 is 1.05 bits per heavy atom. The third-order valence-electron chi connectivity index (χ3n) is 9.16. The second-order valence-electron chi connectivity index (χ2n) is 11.2. The molecule has 0 amide bonds. The number of fused-ring (bicyclic) bond motifs is 3. The first kappa shape index (κ1) is 29.1. The molecule has 43 heavy (non-hydrogen) atoms. The minimum atomic E-state index is -1.40. The predicted octanol–water partition coefficient (Wildman–Crippen LogP) is 3.97. The molecule has 1 spiro atoms. The van der Waals surface area contributed by atoms with Crippen LogP contribution in [-0.2, 0) is 9.59 Å². The molecule has 4 N–H and O–H groups in total. The summed E-state index contributed by atoms with van der Waals surface area (Å²) in [6.45, 7) is 0. The van der Waals surface area contributed by atoms with Gasteiger partial charge in [0.05, 0.1) is 20.3 Å². The van der Waals surface area contributed by atoms with Crippen molar-refractivity contribution in [3.63, 3.8) is 0 Å². The number of carbonyl (C=O) groups is 2. The summed E-state index contributed by atoms with van der Waals surface area (Å²) in [5.41, 5.74) is -0.227. The molecule has 7 atom stereocenters. The van der Waals surface area contributed by atoms with Gasteiger partial charge < -0.3 is 29.9 Å². The highest BCUT2D eigenvalue weighted by atomic mass is 32.2. The van der Waals surface area contributed by atoms with E-state index in [2.05, 4.69) is 0 Å². The Kier molecular flexibility index (Phi) is 7.62. The van der Waals surface area contributed by atoms with Crippen molar-refractivity contribution < 1.29 is 39.5 Å². The number of benzene rings is 2. The Morgan fingerprint density at radius 2 is 1.81 bits per heavy atom. The van der Waals surface area contributed by atoms with Crippen LogP contribution in [0.15, 0.2) is 78.6 Å². The first-order valence-electron chi connectivity index (χ1n) is 14.0. The van der Waals surface area contributed by atoms with Gasteiger partial charge in [-0.05, 0) is 41.5 Å². The van der Waals surface area contributed by atoms with Gasteiger partial charge in [0, 0.05) is 47.4 Å². The lowest BCUT2D eigenvalue weighted by Gasteiger charge is -2.41. The van der Waals surface area contributed by atoms with Gasteiger partial charge in [-0.3, -0.25) is 14.5 Å². The van der Waals surface area contributed by atoms with Crippen LogP contribution in [0.4, 0.5) is 0 Å². The number of ether oxygens (including phenoxy) is 2. The summed E-state index contributed by atoms with van der Waals surface area (Å²) in [7, 11) is 2.87. The molecular formula is C33H33NO8S. The summed E-state index contributed by atoms with van der Waals surface area (Å²) in [6, 6.07) is 9.16. The molecule has 2 saturated heterocycles. The van der Waals surface area contributed by atoms with Crippen LogP contribution < -0.4 is 9.47 Å². The van der Waals surface area contributed by atoms with Crippen LogP contribution in [0.3, 0.4) is 0 Å². The number of aliphatic hydroxyl groups is 2. The van der Waals surface area contributed by atoms with Gasteiger partial charge >= 0.3 is 0 Å². The highest BCUT2D eigenvalue weighted by Gasteiger charge is 2.73. The number of thioether (sulfide) groups is 1. The van der Waals surface area contributed by atoms with Crippen LogP contribution in [0.5, 0.6) is 23.0 Å². The molecule has 4 aliphatic rings. The van der Waals surface area contributed by atoms with Gasteiger partial charge in [0.25, 0.3) is 0 Å². The van der Waals surface area contributed by atoms with Crippen LogP contribution in [-0.4, -0.2) is 80.4 Å². The Hall–Kier alpha value is -3.99. The number of ketones is 2. The molecule has 6 rings (SSSR count). The van der Waals surface area contributed by atoms with Crippen molar-refractivity contribution in [1.82, 2.24) is 4.90 Å². The van der Waals surface area contributed by atoms with E-state index in [4.69, 9.17) is 9.47 Å². The average molecular weight is 604 g/mol. The lowest BCUT2D eigenvalue weighted by Crippen LogP contribution is -2.58. The number of phenolic OH excluding ortho intramolecular Hbond substituents is 2. The monoisotopic (exact) mass is 603 g/mol. The maximum atomic E-state index is 14.5. The fourth-order valence-electron chi connectivity index (χ4n) is 7.34. The number of methoxy groups -OCH3 is 2. The van der Waals surface area contributed by atoms with E-state index < -0.39 is 35.3 Å². The number of phenols is 2. The number of hydrogen-bond donors (Lipinski definition) is 4. The van der Waals surface area contributed by atoms with E-state index in [9.17, 15) is 30.0 Å². The SMILES string of the molecule is COc1ccc(/C=C/C(O)=C/C(=O)C2C3CSCN3C3(C(=O)C4C=CC=CC4C3O)C2c2ccc(O)c(OC)c2)cc1O. The molecule has 10 heteroatoms. The lowest BCUT2D eigenvalue weighted by molar-refractivity contribution is -0.132. The van der Waals surface area contributed by atoms with E-state index in [1.54, 1.807) is 42.1 Å². The number of allylic oxidation sites excluding steroid dienone is 5. The van der Waals surface area contributed by atoms with E-state index in [0.717, 1.165) is 6.08 Å². The van der Waals surface area contributed by atoms with Gasteiger partial charge in [0.1, 0.15) is 11.3 Å². The molecule has 7 unspecified atom stereocenters. The Morgan fingerprint density at radius 3 is 2.53 bits per heavy atom. The van der Waals surface area contributed by atoms with Crippen molar-refractivity contribution in [2.45, 2.75) is 23.6 Å². The topological polar surface area (TPSA) is 137 Å². The molecule has 2 aliphatic heterocycles. The number of aromatic hydroxyl groups is 2. The second-order valence-corrected chi connectivity index (χ2v) is 12.2. The molecule has 0 radical (unpaired) electrons. The van der Waals surface area contributed by atoms with Gasteiger partial charge in [-0.15, -0.1) is 11.8 Å². The molecule has 1 saturated carbocycles. The minimum Gasteiger partial charge on any atom is -0.508 e. The summed E-state index contributed by atoms with van der Waals surface area (Å²) in [6.07, 6.45) is 10.3. The smallest absolute Gasteiger partial charge is 0.164 e. The van der Waals surface area contributed by atoms with E-state index in [1.807, 2.05) is 29.2 Å². The zero-order valence-corrected chi connectivity index (χ0v) is 24.5. The van der Waals surface area contributed by atoms with Gasteiger partial charge in [-0.2, -0.15) is 0 Å². The number of aliphatic hydroxyl groups excluding tert-OH is 2. The maximum Gasteiger partial charge on any atom is 0.164 e. The fraction of sp³-hybridized carbons (Fsp3) is 0.333. The number of Topliss-reactive ketones (excluding diaryl/α,β-unsaturated/α-hetero) is 1. The fourth-order valence-corrected chi connectivity index (χ4v) is 8.68. The number of carbonyl (C=O) groups excluding carboxylic acids is 2. The van der Waals surface area contributed by atoms with Crippen molar-refractivity contribution in [3.8, 4) is 23.0 Å². The van der Waals surface area contributed by atoms with Crippen LogP contribution in [0.2, 0.25) is 0 Å². The van der Waals surface area contributed by atoms with Crippen molar-refractivity contribution in [2.24, 2.45) is 17.8 Å². The van der Waals surface area contributed by atoms with Crippen LogP contribution in [0, 0.1) is 17.8 Å². The summed E-state index contributed by atoms with van der Waals surface area (Å²) >= 11 is 1.60. The molecule has 3 fully saturated rings. The normalized spacial score (nSPS) is 31.6. The van der Waals surface area contributed by atoms with Crippen LogP contribution in [0.25, 0.3) is 6.08 Å². The maximum absolute atomic E-state index is 14.5. The molecule has 0 bridgehead atoms. The predicted molar refractivity (Wildman–Crippen MR) is 162 cm³/mol. The summed E-state index contributed by atoms with van der Waals surface area (Å²) in [5.74, 6) is -1.94. The Labute approximate surface area is 253 Å². The third kappa shape index (κ3) is 4.56. The molecule has 2 aromatic carbocycles. The molecule has 9 nitrogen and oxygen atoms in total. The highest BCUT2D eigenvalue weighted by molar-refractivity contribution is 7.99. The largest absolute Gasteiger partial charge is 0.508 e. The number of rotatable bonds is 7. The van der Waals surface area contributed by atoms with E-state index in [0.29, 0.717) is 28.5 Å². The van der Waals surface area contributed by atoms with Crippen molar-refractivity contribution in [2.75, 3.05) is 25.8 Å². The molecule has 2 aliphatic carbocycles. The minimum absolute atomic E-state index is 0.0588. The first-order chi connectivity index (χ1) is 20.7. The Bertz CT molecular complexity index is 1580. The molecular weight excluding hydrogens is 570 g/mol. The zero-order chi connectivity index (χ0) is 30.5. The quantitative estimate of drug-likeness (QED) is 0.209. The summed E-state index contributed by atoms with van der Waals surface area (Å²) in [4.78, 5) is 30.6. The van der Waals surface area contributed by atoms with Gasteiger partial charge in [0.2, 0.25) is 0 Å². The van der Waals surface area contributed by atoms with Crippen molar-refractivity contribution in [1.29, 1.82) is 0 Å². The first-order valence-corrected chi connectivity index (χ1v) is 15.2. The molecule has 224 valence electrons. The molecule has 2 heterocycles. The second kappa shape index (κ2) is 11.3. The van der Waals surface area contributed by atoms with E-state index >= 15 is 0 Å². The lowest BCUT2D eigenvalue weighted by atomic mass is 9.70.